The molecule has 0 aliphatic heterocycles. The van der Waals surface area contributed by atoms with Crippen molar-refractivity contribution in [3.63, 3.8) is 0 Å². The third kappa shape index (κ3) is 2.52. The SMILES string of the molecule is COC(=O)c1c(C)nc(C)c(C(=O)OC)c1-c1ccco1. The van der Waals surface area contributed by atoms with Crippen molar-refractivity contribution < 1.29 is 23.5 Å². The standard InChI is InChI=1S/C15H15NO5/c1-8-11(14(17)19-3)13(10-6-5-7-21-10)12(9(2)16-8)15(18)20-4/h5-7H,1-4H3. The number of ether oxygens (including phenoxy) is 2. The van der Waals surface area contributed by atoms with Crippen LogP contribution in [0.2, 0.25) is 0 Å². The normalized spacial score (nSPS) is 10.3. The van der Waals surface area contributed by atoms with Crippen LogP contribution in [0.25, 0.3) is 11.3 Å². The van der Waals surface area contributed by atoms with Gasteiger partial charge in [-0.1, -0.05) is 0 Å². The molecule has 0 radical (unpaired) electrons. The molecule has 6 nitrogen and oxygen atoms in total. The van der Waals surface area contributed by atoms with Gasteiger partial charge in [0.2, 0.25) is 0 Å². The second kappa shape index (κ2) is 5.78. The lowest BCUT2D eigenvalue weighted by Crippen LogP contribution is -2.15. The van der Waals surface area contributed by atoms with Crippen molar-refractivity contribution >= 4 is 11.9 Å². The Bertz CT molecular complexity index is 648. The molecule has 0 saturated carbocycles. The van der Waals surface area contributed by atoms with E-state index in [-0.39, 0.29) is 11.1 Å². The summed E-state index contributed by atoms with van der Waals surface area (Å²) in [7, 11) is 2.54. The van der Waals surface area contributed by atoms with Crippen molar-refractivity contribution in [2.24, 2.45) is 0 Å². The number of carbonyl (C=O) groups is 2. The first-order chi connectivity index (χ1) is 10.0. The lowest BCUT2D eigenvalue weighted by molar-refractivity contribution is 0.0598. The average Bonchev–Trinajstić information content (AvgIpc) is 2.99. The molecule has 2 aromatic heterocycles. The number of pyridine rings is 1. The van der Waals surface area contributed by atoms with Gasteiger partial charge in [0.05, 0.1) is 43.0 Å². The molecule has 21 heavy (non-hydrogen) atoms. The number of aryl methyl sites for hydroxylation is 2. The second-order valence-corrected chi connectivity index (χ2v) is 4.37. The third-order valence-electron chi connectivity index (χ3n) is 3.11. The maximum Gasteiger partial charge on any atom is 0.340 e. The van der Waals surface area contributed by atoms with E-state index in [1.165, 1.54) is 20.5 Å². The van der Waals surface area contributed by atoms with Crippen molar-refractivity contribution in [3.8, 4) is 11.3 Å². The summed E-state index contributed by atoms with van der Waals surface area (Å²) in [6.07, 6.45) is 1.46. The molecular weight excluding hydrogens is 274 g/mol. The van der Waals surface area contributed by atoms with E-state index in [4.69, 9.17) is 13.9 Å². The van der Waals surface area contributed by atoms with Crippen LogP contribution in [0, 0.1) is 13.8 Å². The van der Waals surface area contributed by atoms with Gasteiger partial charge in [0, 0.05) is 5.56 Å². The fourth-order valence-corrected chi connectivity index (χ4v) is 2.22. The molecule has 2 heterocycles. The summed E-state index contributed by atoms with van der Waals surface area (Å²) in [5.41, 5.74) is 1.64. The highest BCUT2D eigenvalue weighted by molar-refractivity contribution is 6.06. The van der Waals surface area contributed by atoms with Gasteiger partial charge in [-0.3, -0.25) is 4.98 Å². The highest BCUT2D eigenvalue weighted by Gasteiger charge is 2.28. The predicted molar refractivity (Wildman–Crippen MR) is 74.1 cm³/mol. The van der Waals surface area contributed by atoms with Gasteiger partial charge in [0.1, 0.15) is 5.76 Å². The fourth-order valence-electron chi connectivity index (χ4n) is 2.22. The van der Waals surface area contributed by atoms with Gasteiger partial charge in [-0.25, -0.2) is 9.59 Å². The van der Waals surface area contributed by atoms with E-state index < -0.39 is 11.9 Å². The summed E-state index contributed by atoms with van der Waals surface area (Å²) in [5.74, 6) is -0.794. The molecule has 110 valence electrons. The van der Waals surface area contributed by atoms with Gasteiger partial charge in [-0.05, 0) is 26.0 Å². The van der Waals surface area contributed by atoms with E-state index in [1.54, 1.807) is 26.0 Å². The molecule has 0 saturated heterocycles. The number of nitrogens with zero attached hydrogens (tertiary/aromatic N) is 1. The van der Waals surface area contributed by atoms with Crippen LogP contribution in [0.4, 0.5) is 0 Å². The molecule has 0 aliphatic rings. The summed E-state index contributed by atoms with van der Waals surface area (Å²) >= 11 is 0. The van der Waals surface area contributed by atoms with E-state index in [1.807, 2.05) is 0 Å². The zero-order valence-electron chi connectivity index (χ0n) is 12.2. The average molecular weight is 289 g/mol. The summed E-state index contributed by atoms with van der Waals surface area (Å²) in [5, 5.41) is 0. The molecule has 2 aromatic rings. The third-order valence-corrected chi connectivity index (χ3v) is 3.11. The zero-order valence-corrected chi connectivity index (χ0v) is 12.2. The molecule has 6 heteroatoms. The molecule has 0 aromatic carbocycles. The number of hydrogen-bond acceptors (Lipinski definition) is 6. The minimum absolute atomic E-state index is 0.193. The minimum atomic E-state index is -0.587. The lowest BCUT2D eigenvalue weighted by atomic mass is 9.96. The number of hydrogen-bond donors (Lipinski definition) is 0. The summed E-state index contributed by atoms with van der Waals surface area (Å²) in [6, 6.07) is 3.33. The Balaban J connectivity index is 2.88. The highest BCUT2D eigenvalue weighted by Crippen LogP contribution is 2.32. The van der Waals surface area contributed by atoms with E-state index in [2.05, 4.69) is 4.98 Å². The predicted octanol–water partition coefficient (Wildman–Crippen LogP) is 2.53. The highest BCUT2D eigenvalue weighted by atomic mass is 16.5. The number of furan rings is 1. The Morgan fingerprint density at radius 3 is 1.95 bits per heavy atom. The first kappa shape index (κ1) is 14.8. The molecule has 0 amide bonds. The molecule has 0 spiro atoms. The smallest absolute Gasteiger partial charge is 0.340 e. The van der Waals surface area contributed by atoms with E-state index >= 15 is 0 Å². The van der Waals surface area contributed by atoms with Crippen LogP contribution < -0.4 is 0 Å². The van der Waals surface area contributed by atoms with Gasteiger partial charge in [-0.15, -0.1) is 0 Å². The Hall–Kier alpha value is -2.63. The number of methoxy groups -OCH3 is 2. The molecule has 0 fully saturated rings. The van der Waals surface area contributed by atoms with Crippen LogP contribution in [0.1, 0.15) is 32.1 Å². The number of esters is 2. The maximum atomic E-state index is 12.1. The lowest BCUT2D eigenvalue weighted by Gasteiger charge is -2.14. The quantitative estimate of drug-likeness (QED) is 0.808. The van der Waals surface area contributed by atoms with Crippen molar-refractivity contribution in [2.75, 3.05) is 14.2 Å². The van der Waals surface area contributed by atoms with Gasteiger partial charge >= 0.3 is 11.9 Å². The van der Waals surface area contributed by atoms with Crippen LogP contribution in [0.5, 0.6) is 0 Å². The first-order valence-corrected chi connectivity index (χ1v) is 6.23. The molecule has 2 rings (SSSR count). The second-order valence-electron chi connectivity index (χ2n) is 4.37. The molecule has 0 unspecified atom stereocenters. The fraction of sp³-hybridized carbons (Fsp3) is 0.267. The van der Waals surface area contributed by atoms with Crippen molar-refractivity contribution in [1.82, 2.24) is 4.98 Å². The van der Waals surface area contributed by atoms with Gasteiger partial charge < -0.3 is 13.9 Å². The number of rotatable bonds is 3. The Labute approximate surface area is 121 Å². The Morgan fingerprint density at radius 2 is 1.57 bits per heavy atom. The zero-order chi connectivity index (χ0) is 15.6. The van der Waals surface area contributed by atoms with Crippen LogP contribution in [-0.4, -0.2) is 31.1 Å². The number of aromatic nitrogens is 1. The summed E-state index contributed by atoms with van der Waals surface area (Å²) in [6.45, 7) is 3.35. The monoisotopic (exact) mass is 289 g/mol. The largest absolute Gasteiger partial charge is 0.465 e. The van der Waals surface area contributed by atoms with Crippen molar-refractivity contribution in [1.29, 1.82) is 0 Å². The molecular formula is C15H15NO5. The summed E-state index contributed by atoms with van der Waals surface area (Å²) < 4.78 is 14.9. The topological polar surface area (TPSA) is 78.6 Å². The molecule has 0 N–H and O–H groups in total. The van der Waals surface area contributed by atoms with Crippen LogP contribution in [0.15, 0.2) is 22.8 Å². The maximum absolute atomic E-state index is 12.1. The van der Waals surface area contributed by atoms with E-state index in [0.29, 0.717) is 22.7 Å². The Morgan fingerprint density at radius 1 is 1.05 bits per heavy atom. The molecule has 0 aliphatic carbocycles. The van der Waals surface area contributed by atoms with E-state index in [9.17, 15) is 9.59 Å². The minimum Gasteiger partial charge on any atom is -0.465 e. The van der Waals surface area contributed by atoms with Gasteiger partial charge in [0.15, 0.2) is 0 Å². The van der Waals surface area contributed by atoms with Crippen molar-refractivity contribution in [3.05, 3.63) is 40.9 Å². The Kier molecular flexibility index (Phi) is 4.07. The van der Waals surface area contributed by atoms with E-state index in [0.717, 1.165) is 0 Å². The van der Waals surface area contributed by atoms with Gasteiger partial charge in [-0.2, -0.15) is 0 Å². The van der Waals surface area contributed by atoms with Crippen LogP contribution in [-0.2, 0) is 9.47 Å². The first-order valence-electron chi connectivity index (χ1n) is 6.23. The van der Waals surface area contributed by atoms with Crippen molar-refractivity contribution in [2.45, 2.75) is 13.8 Å². The molecule has 0 bridgehead atoms. The van der Waals surface area contributed by atoms with Gasteiger partial charge in [0.25, 0.3) is 0 Å². The van der Waals surface area contributed by atoms with Crippen LogP contribution in [0.3, 0.4) is 0 Å². The number of carbonyl (C=O) groups excluding carboxylic acids is 2. The summed E-state index contributed by atoms with van der Waals surface area (Å²) in [4.78, 5) is 28.4. The molecule has 0 atom stereocenters. The van der Waals surface area contributed by atoms with Crippen LogP contribution >= 0.6 is 0 Å².